The van der Waals surface area contributed by atoms with Gasteiger partial charge in [0.25, 0.3) is 5.91 Å². The van der Waals surface area contributed by atoms with Gasteiger partial charge in [-0.3, -0.25) is 4.79 Å². The molecule has 1 N–H and O–H groups in total. The van der Waals surface area contributed by atoms with Gasteiger partial charge in [-0.2, -0.15) is 10.5 Å². The highest BCUT2D eigenvalue weighted by Crippen LogP contribution is 2.17. The van der Waals surface area contributed by atoms with E-state index in [1.165, 1.54) is 18.2 Å². The van der Waals surface area contributed by atoms with Crippen molar-refractivity contribution in [3.8, 4) is 12.1 Å². The Labute approximate surface area is 126 Å². The lowest BCUT2D eigenvalue weighted by Gasteiger charge is -2.07. The van der Waals surface area contributed by atoms with Gasteiger partial charge in [-0.15, -0.1) is 0 Å². The molecule has 0 atom stereocenters. The highest BCUT2D eigenvalue weighted by molar-refractivity contribution is 6.29. The van der Waals surface area contributed by atoms with Crippen LogP contribution in [-0.2, 0) is 0 Å². The Morgan fingerprint density at radius 1 is 1.19 bits per heavy atom. The van der Waals surface area contributed by atoms with E-state index in [9.17, 15) is 4.79 Å². The van der Waals surface area contributed by atoms with Crippen LogP contribution >= 0.6 is 11.6 Å². The third-order valence-corrected chi connectivity index (χ3v) is 2.90. The molecule has 102 valence electrons. The molecule has 0 spiro atoms. The van der Waals surface area contributed by atoms with E-state index in [4.69, 9.17) is 22.1 Å². The molecule has 0 bridgehead atoms. The second-order valence-electron chi connectivity index (χ2n) is 4.26. The Balaban J connectivity index is 2.28. The molecule has 0 unspecified atom stereocenters. The Morgan fingerprint density at radius 2 is 1.90 bits per heavy atom. The van der Waals surface area contributed by atoms with Crippen molar-refractivity contribution >= 4 is 23.2 Å². The van der Waals surface area contributed by atoms with Crippen molar-refractivity contribution in [3.63, 3.8) is 0 Å². The van der Waals surface area contributed by atoms with Crippen molar-refractivity contribution in [2.45, 2.75) is 6.92 Å². The van der Waals surface area contributed by atoms with Crippen LogP contribution in [0.15, 0.2) is 30.3 Å². The number of benzene rings is 1. The zero-order chi connectivity index (χ0) is 15.4. The number of halogens is 1. The molecule has 2 aromatic rings. The Bertz CT molecular complexity index is 782. The number of anilines is 1. The van der Waals surface area contributed by atoms with Crippen LogP contribution in [0.5, 0.6) is 0 Å². The van der Waals surface area contributed by atoms with Gasteiger partial charge in [-0.1, -0.05) is 11.6 Å². The summed E-state index contributed by atoms with van der Waals surface area (Å²) in [6.07, 6.45) is 0. The number of nitrogens with zero attached hydrogens (tertiary/aromatic N) is 3. The van der Waals surface area contributed by atoms with Gasteiger partial charge in [-0.05, 0) is 37.3 Å². The predicted octanol–water partition coefficient (Wildman–Crippen LogP) is 3.04. The minimum absolute atomic E-state index is 0.208. The molecular formula is C15H9ClN4O. The topological polar surface area (TPSA) is 89.6 Å². The number of aromatic nitrogens is 1. The number of aryl methyl sites for hydroxylation is 1. The van der Waals surface area contributed by atoms with E-state index in [1.54, 1.807) is 19.1 Å². The summed E-state index contributed by atoms with van der Waals surface area (Å²) >= 11 is 5.81. The predicted molar refractivity (Wildman–Crippen MR) is 77.8 cm³/mol. The average molecular weight is 297 g/mol. The molecule has 0 saturated heterocycles. The van der Waals surface area contributed by atoms with E-state index in [2.05, 4.69) is 10.3 Å². The third kappa shape index (κ3) is 3.36. The fraction of sp³-hybridized carbons (Fsp3) is 0.0667. The Morgan fingerprint density at radius 3 is 2.52 bits per heavy atom. The number of hydrogen-bond donors (Lipinski definition) is 1. The molecule has 1 aromatic carbocycles. The Hall–Kier alpha value is -2.89. The largest absolute Gasteiger partial charge is 0.322 e. The number of nitriles is 2. The molecular weight excluding hydrogens is 288 g/mol. The van der Waals surface area contributed by atoms with Crippen LogP contribution in [0.3, 0.4) is 0 Å². The van der Waals surface area contributed by atoms with E-state index in [-0.39, 0.29) is 22.2 Å². The zero-order valence-electron chi connectivity index (χ0n) is 11.0. The van der Waals surface area contributed by atoms with E-state index < -0.39 is 0 Å². The molecule has 0 saturated carbocycles. The van der Waals surface area contributed by atoms with Gasteiger partial charge >= 0.3 is 0 Å². The summed E-state index contributed by atoms with van der Waals surface area (Å²) in [5.74, 6) is -0.365. The first-order valence-corrected chi connectivity index (χ1v) is 6.31. The molecule has 0 aliphatic heterocycles. The van der Waals surface area contributed by atoms with Gasteiger partial charge in [-0.25, -0.2) is 4.98 Å². The van der Waals surface area contributed by atoms with Crippen LogP contribution < -0.4 is 5.32 Å². The molecule has 0 aliphatic rings. The van der Waals surface area contributed by atoms with Crippen LogP contribution in [-0.4, -0.2) is 10.9 Å². The lowest BCUT2D eigenvalue weighted by Crippen LogP contribution is -2.12. The zero-order valence-corrected chi connectivity index (χ0v) is 11.8. The lowest BCUT2D eigenvalue weighted by molar-refractivity contribution is 0.102. The van der Waals surface area contributed by atoms with Crippen LogP contribution in [0, 0.1) is 29.6 Å². The SMILES string of the molecule is Cc1cc(C(=O)Nc2ccc(C#N)c(C#N)c2)cc(Cl)n1. The monoisotopic (exact) mass is 296 g/mol. The number of hydrogen-bond acceptors (Lipinski definition) is 4. The second kappa shape index (κ2) is 6.04. The summed E-state index contributed by atoms with van der Waals surface area (Å²) in [6.45, 7) is 1.73. The first kappa shape index (κ1) is 14.5. The molecule has 1 heterocycles. The summed E-state index contributed by atoms with van der Waals surface area (Å²) in [4.78, 5) is 16.1. The second-order valence-corrected chi connectivity index (χ2v) is 4.65. The van der Waals surface area contributed by atoms with Crippen molar-refractivity contribution in [3.05, 3.63) is 57.9 Å². The molecule has 1 aromatic heterocycles. The van der Waals surface area contributed by atoms with E-state index in [0.29, 0.717) is 16.9 Å². The number of rotatable bonds is 2. The van der Waals surface area contributed by atoms with Gasteiger partial charge in [0, 0.05) is 16.9 Å². The molecule has 21 heavy (non-hydrogen) atoms. The van der Waals surface area contributed by atoms with Crippen LogP contribution in [0.2, 0.25) is 5.15 Å². The maximum atomic E-state index is 12.1. The summed E-state index contributed by atoms with van der Waals surface area (Å²) in [5, 5.41) is 20.7. The first-order valence-electron chi connectivity index (χ1n) is 5.93. The van der Waals surface area contributed by atoms with Crippen molar-refractivity contribution in [1.29, 1.82) is 10.5 Å². The summed E-state index contributed by atoms with van der Waals surface area (Å²) in [7, 11) is 0. The summed E-state index contributed by atoms with van der Waals surface area (Å²) < 4.78 is 0. The van der Waals surface area contributed by atoms with E-state index >= 15 is 0 Å². The summed E-state index contributed by atoms with van der Waals surface area (Å²) in [6, 6.07) is 11.4. The number of amides is 1. The summed E-state index contributed by atoms with van der Waals surface area (Å²) in [5.41, 5.74) is 1.90. The van der Waals surface area contributed by atoms with Crippen molar-refractivity contribution in [2.24, 2.45) is 0 Å². The van der Waals surface area contributed by atoms with Crippen molar-refractivity contribution in [2.75, 3.05) is 5.32 Å². The maximum absolute atomic E-state index is 12.1. The maximum Gasteiger partial charge on any atom is 0.255 e. The minimum Gasteiger partial charge on any atom is -0.322 e. The van der Waals surface area contributed by atoms with E-state index in [1.807, 2.05) is 12.1 Å². The highest BCUT2D eigenvalue weighted by atomic mass is 35.5. The normalized spacial score (nSPS) is 9.52. The molecule has 0 radical (unpaired) electrons. The van der Waals surface area contributed by atoms with Crippen molar-refractivity contribution in [1.82, 2.24) is 4.98 Å². The molecule has 6 heteroatoms. The molecule has 0 fully saturated rings. The fourth-order valence-corrected chi connectivity index (χ4v) is 2.03. The standard InChI is InChI=1S/C15H9ClN4O/c1-9-4-11(6-14(16)19-9)15(21)20-13-3-2-10(7-17)12(5-13)8-18/h2-6H,1H3,(H,20,21). The lowest BCUT2D eigenvalue weighted by atomic mass is 10.1. The number of carbonyl (C=O) groups is 1. The number of pyridine rings is 1. The molecule has 5 nitrogen and oxygen atoms in total. The smallest absolute Gasteiger partial charge is 0.255 e. The van der Waals surface area contributed by atoms with Gasteiger partial charge in [0.15, 0.2) is 0 Å². The average Bonchev–Trinajstić information content (AvgIpc) is 2.46. The molecule has 0 aliphatic carbocycles. The van der Waals surface area contributed by atoms with Crippen LogP contribution in [0.4, 0.5) is 5.69 Å². The minimum atomic E-state index is -0.365. The van der Waals surface area contributed by atoms with Gasteiger partial charge < -0.3 is 5.32 Å². The highest BCUT2D eigenvalue weighted by Gasteiger charge is 2.10. The van der Waals surface area contributed by atoms with Crippen molar-refractivity contribution < 1.29 is 4.79 Å². The quantitative estimate of drug-likeness (QED) is 0.862. The van der Waals surface area contributed by atoms with Gasteiger partial charge in [0.05, 0.1) is 11.1 Å². The number of carbonyl (C=O) groups excluding carboxylic acids is 1. The molecule has 2 rings (SSSR count). The van der Waals surface area contributed by atoms with Crippen LogP contribution in [0.1, 0.15) is 27.2 Å². The fourth-order valence-electron chi connectivity index (χ4n) is 1.77. The number of nitrogens with one attached hydrogen (secondary N) is 1. The third-order valence-electron chi connectivity index (χ3n) is 2.70. The van der Waals surface area contributed by atoms with Gasteiger partial charge in [0.1, 0.15) is 17.3 Å². The van der Waals surface area contributed by atoms with Crippen LogP contribution in [0.25, 0.3) is 0 Å². The first-order chi connectivity index (χ1) is 10.0. The Kier molecular flexibility index (Phi) is 4.18. The van der Waals surface area contributed by atoms with Gasteiger partial charge in [0.2, 0.25) is 0 Å². The molecule has 1 amide bonds. The van der Waals surface area contributed by atoms with E-state index in [0.717, 1.165) is 0 Å².